The minimum absolute atomic E-state index is 0.157. The van der Waals surface area contributed by atoms with Crippen molar-refractivity contribution in [3.05, 3.63) is 285 Å². The van der Waals surface area contributed by atoms with Gasteiger partial charge in [-0.3, -0.25) is 0 Å². The minimum atomic E-state index is -0.157. The Bertz CT molecular complexity index is 3500. The SMILES string of the molecule is Cc1ccc(N(c2ccc(C)cc2)c2ccc3c(c2)C(C)(C)c2cc(/C=C/c4ccc(-c5ccc(/C=C/c6ccc7c(c6)C(C)(C)c6cc(N(c8ccc(C)cc8)c8ccc(C)cc8)ccc6-7)cc5)cc4)ccc2-3)cc1. The lowest BCUT2D eigenvalue weighted by Gasteiger charge is -2.28. The van der Waals surface area contributed by atoms with Gasteiger partial charge >= 0.3 is 0 Å². The number of nitrogens with zero attached hydrogens (tertiary/aromatic N) is 2. The van der Waals surface area contributed by atoms with Crippen LogP contribution < -0.4 is 9.80 Å². The molecule has 0 amide bonds. The van der Waals surface area contributed by atoms with Gasteiger partial charge in [0.1, 0.15) is 0 Å². The molecule has 2 aliphatic carbocycles. The molecule has 370 valence electrons. The largest absolute Gasteiger partial charge is 0.310 e. The Balaban J connectivity index is 0.721. The number of benzene rings is 10. The fraction of sp³-hybridized carbons (Fsp3) is 0.135. The fourth-order valence-electron chi connectivity index (χ4n) is 11.6. The van der Waals surface area contributed by atoms with Crippen LogP contribution in [0.1, 0.15) is 94.5 Å². The normalized spacial score (nSPS) is 13.6. The van der Waals surface area contributed by atoms with Crippen LogP contribution in [0.4, 0.5) is 34.1 Å². The van der Waals surface area contributed by atoms with Crippen LogP contribution >= 0.6 is 0 Å². The molecule has 0 N–H and O–H groups in total. The van der Waals surface area contributed by atoms with Gasteiger partial charge in [-0.05, 0) is 178 Å². The Kier molecular flexibility index (Phi) is 12.2. The van der Waals surface area contributed by atoms with E-state index < -0.39 is 0 Å². The van der Waals surface area contributed by atoms with Gasteiger partial charge in [0.15, 0.2) is 0 Å². The van der Waals surface area contributed by atoms with E-state index in [0.717, 1.165) is 22.7 Å². The van der Waals surface area contributed by atoms with Crippen molar-refractivity contribution in [3.8, 4) is 33.4 Å². The maximum atomic E-state index is 2.41. The Morgan fingerprint density at radius 2 is 0.487 bits per heavy atom. The first kappa shape index (κ1) is 48.2. The molecule has 0 unspecified atom stereocenters. The molecule has 10 aromatic rings. The lowest BCUT2D eigenvalue weighted by Crippen LogP contribution is -2.16. The number of aryl methyl sites for hydroxylation is 4. The van der Waals surface area contributed by atoms with E-state index in [-0.39, 0.29) is 10.8 Å². The number of hydrogen-bond acceptors (Lipinski definition) is 2. The summed E-state index contributed by atoms with van der Waals surface area (Å²) in [5, 5.41) is 0. The Morgan fingerprint density at radius 3 is 0.789 bits per heavy atom. The van der Waals surface area contributed by atoms with Gasteiger partial charge in [-0.15, -0.1) is 0 Å². The Labute approximate surface area is 450 Å². The molecule has 0 fully saturated rings. The van der Waals surface area contributed by atoms with E-state index in [1.807, 2.05) is 0 Å². The van der Waals surface area contributed by atoms with Crippen molar-refractivity contribution >= 4 is 58.4 Å². The summed E-state index contributed by atoms with van der Waals surface area (Å²) in [6.45, 7) is 18.1. The molecule has 0 saturated carbocycles. The van der Waals surface area contributed by atoms with E-state index in [2.05, 4.69) is 308 Å². The van der Waals surface area contributed by atoms with Crippen LogP contribution in [0.2, 0.25) is 0 Å². The smallest absolute Gasteiger partial charge is 0.0465 e. The van der Waals surface area contributed by atoms with Crippen LogP contribution in [0.5, 0.6) is 0 Å². The summed E-state index contributed by atoms with van der Waals surface area (Å²) < 4.78 is 0. The third kappa shape index (κ3) is 8.98. The zero-order valence-corrected chi connectivity index (χ0v) is 45.0. The van der Waals surface area contributed by atoms with Crippen molar-refractivity contribution in [3.63, 3.8) is 0 Å². The van der Waals surface area contributed by atoms with Crippen molar-refractivity contribution in [2.24, 2.45) is 0 Å². The maximum absolute atomic E-state index is 2.41. The molecule has 0 bridgehead atoms. The molecule has 0 atom stereocenters. The average Bonchev–Trinajstić information content (AvgIpc) is 3.94. The number of fused-ring (bicyclic) bond motifs is 6. The monoisotopic (exact) mass is 981 g/mol. The van der Waals surface area contributed by atoms with E-state index in [1.165, 1.54) is 112 Å². The van der Waals surface area contributed by atoms with E-state index in [4.69, 9.17) is 0 Å². The van der Waals surface area contributed by atoms with Crippen molar-refractivity contribution in [2.45, 2.75) is 66.2 Å². The Morgan fingerprint density at radius 1 is 0.250 bits per heavy atom. The molecule has 76 heavy (non-hydrogen) atoms. The second-order valence-electron chi connectivity index (χ2n) is 22.2. The van der Waals surface area contributed by atoms with E-state index in [9.17, 15) is 0 Å². The van der Waals surface area contributed by atoms with E-state index >= 15 is 0 Å². The molecule has 0 spiro atoms. The molecule has 0 heterocycles. The van der Waals surface area contributed by atoms with Crippen molar-refractivity contribution in [2.75, 3.05) is 9.80 Å². The van der Waals surface area contributed by atoms with Crippen LogP contribution in [0, 0.1) is 27.7 Å². The highest BCUT2D eigenvalue weighted by Gasteiger charge is 2.37. The lowest BCUT2D eigenvalue weighted by atomic mass is 9.81. The van der Waals surface area contributed by atoms with Crippen LogP contribution in [0.15, 0.2) is 218 Å². The standard InChI is InChI=1S/C74H64N2/c1-49-9-31-59(32-10-49)75(60-33-11-50(2)12-34-60)63-39-43-67-65-41-25-55(45-69(65)73(5,6)71(67)47-63)19-17-53-21-27-57(28-22-53)58-29-23-54(24-30-58)18-20-56-26-42-66-68-44-40-64(48-72(68)74(7,8)70(66)46-56)76(61-35-13-51(3)14-36-61)62-37-15-52(4)16-38-62/h9-48H,1-8H3/b19-17+,20-18+. The highest BCUT2D eigenvalue weighted by molar-refractivity contribution is 5.89. The fourth-order valence-corrected chi connectivity index (χ4v) is 11.6. The zero-order chi connectivity index (χ0) is 52.3. The van der Waals surface area contributed by atoms with Crippen molar-refractivity contribution in [1.29, 1.82) is 0 Å². The van der Waals surface area contributed by atoms with Crippen LogP contribution in [0.25, 0.3) is 57.7 Å². The van der Waals surface area contributed by atoms with Crippen molar-refractivity contribution < 1.29 is 0 Å². The first-order valence-corrected chi connectivity index (χ1v) is 26.8. The Hall–Kier alpha value is -8.72. The third-order valence-corrected chi connectivity index (χ3v) is 16.1. The quantitative estimate of drug-likeness (QED) is 0.119. The molecule has 0 aliphatic heterocycles. The highest BCUT2D eigenvalue weighted by atomic mass is 15.1. The summed E-state index contributed by atoms with van der Waals surface area (Å²) >= 11 is 0. The first-order chi connectivity index (χ1) is 36.8. The summed E-state index contributed by atoms with van der Waals surface area (Å²) in [6.07, 6.45) is 8.97. The molecule has 2 heteroatoms. The minimum Gasteiger partial charge on any atom is -0.310 e. The van der Waals surface area contributed by atoms with Gasteiger partial charge in [0.25, 0.3) is 0 Å². The number of rotatable bonds is 11. The first-order valence-electron chi connectivity index (χ1n) is 26.8. The van der Waals surface area contributed by atoms with Gasteiger partial charge in [0.2, 0.25) is 0 Å². The van der Waals surface area contributed by atoms with E-state index in [0.29, 0.717) is 0 Å². The van der Waals surface area contributed by atoms with Crippen molar-refractivity contribution in [1.82, 2.24) is 0 Å². The summed E-state index contributed by atoms with van der Waals surface area (Å²) in [4.78, 5) is 4.76. The summed E-state index contributed by atoms with van der Waals surface area (Å²) in [6, 6.07) is 81.2. The molecule has 2 aliphatic rings. The molecule has 0 aromatic heterocycles. The van der Waals surface area contributed by atoms with E-state index in [1.54, 1.807) is 0 Å². The zero-order valence-electron chi connectivity index (χ0n) is 45.0. The molecular formula is C74H64N2. The summed E-state index contributed by atoms with van der Waals surface area (Å²) in [7, 11) is 0. The number of hydrogen-bond donors (Lipinski definition) is 0. The molecule has 2 nitrogen and oxygen atoms in total. The maximum Gasteiger partial charge on any atom is 0.0465 e. The van der Waals surface area contributed by atoms with Crippen LogP contribution in [-0.2, 0) is 10.8 Å². The summed E-state index contributed by atoms with van der Waals surface area (Å²) in [5.74, 6) is 0. The van der Waals surface area contributed by atoms with Crippen LogP contribution in [-0.4, -0.2) is 0 Å². The van der Waals surface area contributed by atoms with Gasteiger partial charge < -0.3 is 9.80 Å². The predicted molar refractivity (Wildman–Crippen MR) is 326 cm³/mol. The van der Waals surface area contributed by atoms with Gasteiger partial charge in [0, 0.05) is 45.0 Å². The second-order valence-corrected chi connectivity index (χ2v) is 22.2. The lowest BCUT2D eigenvalue weighted by molar-refractivity contribution is 0.660. The molecule has 12 rings (SSSR count). The highest BCUT2D eigenvalue weighted by Crippen LogP contribution is 2.53. The summed E-state index contributed by atoms with van der Waals surface area (Å²) in [5.41, 5.74) is 29.6. The molecular weight excluding hydrogens is 917 g/mol. The molecule has 0 radical (unpaired) electrons. The van der Waals surface area contributed by atoms with Crippen LogP contribution in [0.3, 0.4) is 0 Å². The number of anilines is 6. The van der Waals surface area contributed by atoms with Gasteiger partial charge in [0.05, 0.1) is 0 Å². The second kappa shape index (κ2) is 19.2. The third-order valence-electron chi connectivity index (χ3n) is 16.1. The van der Waals surface area contributed by atoms with Gasteiger partial charge in [-0.1, -0.05) is 220 Å². The van der Waals surface area contributed by atoms with Gasteiger partial charge in [-0.25, -0.2) is 0 Å². The van der Waals surface area contributed by atoms with Gasteiger partial charge in [-0.2, -0.15) is 0 Å². The average molecular weight is 981 g/mol. The molecule has 0 saturated heterocycles. The predicted octanol–water partition coefficient (Wildman–Crippen LogP) is 20.5. The molecule has 10 aromatic carbocycles. The topological polar surface area (TPSA) is 6.48 Å².